The first kappa shape index (κ1) is 30.1. The van der Waals surface area contributed by atoms with Gasteiger partial charge < -0.3 is 28.4 Å². The van der Waals surface area contributed by atoms with E-state index in [0.29, 0.717) is 17.2 Å². The monoisotopic (exact) mass is 592 g/mol. The first-order valence-corrected chi connectivity index (χ1v) is 12.9. The van der Waals surface area contributed by atoms with Gasteiger partial charge >= 0.3 is 17.9 Å². The lowest BCUT2D eigenvalue weighted by Gasteiger charge is -2.24. The number of aromatic nitrogens is 4. The number of carbonyl (C=O) groups is 3. The standard InChI is InChI=1S/C26H29ClN4O10/c1-14(32)38-11-19-21(39-15(2)33)22(40-16(3)34)26(41-19)31-23(17-6-5-7-18(27)10-17)29-20-24(31)28-12-30(25(20)35)13-37-9-8-36-4/h5-7,10,12,19,21-22,26H,8-9,11,13H2,1-4H3/t19-,21-,22-,26-/m1/s1. The van der Waals surface area contributed by atoms with Crippen LogP contribution < -0.4 is 5.56 Å². The quantitative estimate of drug-likeness (QED) is 0.181. The van der Waals surface area contributed by atoms with Crippen LogP contribution in [0.2, 0.25) is 5.02 Å². The highest BCUT2D eigenvalue weighted by molar-refractivity contribution is 6.30. The van der Waals surface area contributed by atoms with Crippen LogP contribution in [0.3, 0.4) is 0 Å². The Bertz CT molecular complexity index is 1490. The van der Waals surface area contributed by atoms with E-state index < -0.39 is 48.0 Å². The Balaban J connectivity index is 1.88. The van der Waals surface area contributed by atoms with Crippen molar-refractivity contribution >= 4 is 40.7 Å². The zero-order valence-electron chi connectivity index (χ0n) is 22.8. The van der Waals surface area contributed by atoms with Crippen LogP contribution in [-0.4, -0.2) is 82.3 Å². The lowest BCUT2D eigenvalue weighted by atomic mass is 10.1. The number of halogens is 1. The van der Waals surface area contributed by atoms with Crippen LogP contribution in [0.5, 0.6) is 0 Å². The Hall–Kier alpha value is -3.85. The first-order valence-electron chi connectivity index (χ1n) is 12.5. The van der Waals surface area contributed by atoms with Gasteiger partial charge in [-0.1, -0.05) is 23.7 Å². The summed E-state index contributed by atoms with van der Waals surface area (Å²) in [6.45, 7) is 3.77. The number of rotatable bonds is 11. The lowest BCUT2D eigenvalue weighted by Crippen LogP contribution is -2.40. The van der Waals surface area contributed by atoms with E-state index in [1.807, 2.05) is 0 Å². The van der Waals surface area contributed by atoms with E-state index in [1.165, 1.54) is 43.3 Å². The molecule has 14 nitrogen and oxygen atoms in total. The molecule has 1 aliphatic rings. The summed E-state index contributed by atoms with van der Waals surface area (Å²) in [6, 6.07) is 6.70. The molecule has 0 spiro atoms. The molecule has 1 aliphatic heterocycles. The maximum Gasteiger partial charge on any atom is 0.303 e. The maximum absolute atomic E-state index is 13.4. The Morgan fingerprint density at radius 1 is 1.05 bits per heavy atom. The predicted molar refractivity (Wildman–Crippen MR) is 142 cm³/mol. The number of hydrogen-bond acceptors (Lipinski definition) is 12. The van der Waals surface area contributed by atoms with Gasteiger partial charge in [0.1, 0.15) is 31.6 Å². The minimum absolute atomic E-state index is 0.0320. The molecule has 0 unspecified atom stereocenters. The summed E-state index contributed by atoms with van der Waals surface area (Å²) in [5.41, 5.74) is 0.0466. The van der Waals surface area contributed by atoms with E-state index in [4.69, 9.17) is 40.0 Å². The molecule has 3 heterocycles. The normalized spacial score (nSPS) is 20.2. The number of nitrogens with zero attached hydrogens (tertiary/aromatic N) is 4. The molecule has 0 saturated carbocycles. The minimum atomic E-state index is -1.23. The van der Waals surface area contributed by atoms with Crippen molar-refractivity contribution in [3.8, 4) is 11.4 Å². The van der Waals surface area contributed by atoms with Gasteiger partial charge in [-0.15, -0.1) is 0 Å². The summed E-state index contributed by atoms with van der Waals surface area (Å²) in [4.78, 5) is 58.3. The van der Waals surface area contributed by atoms with E-state index >= 15 is 0 Å². The number of benzene rings is 1. The Morgan fingerprint density at radius 3 is 2.44 bits per heavy atom. The highest BCUT2D eigenvalue weighted by Crippen LogP contribution is 2.39. The van der Waals surface area contributed by atoms with Gasteiger partial charge in [0, 0.05) is 38.5 Å². The van der Waals surface area contributed by atoms with Crippen molar-refractivity contribution in [2.75, 3.05) is 26.9 Å². The average molecular weight is 593 g/mol. The number of hydrogen-bond donors (Lipinski definition) is 0. The van der Waals surface area contributed by atoms with E-state index in [2.05, 4.69) is 9.97 Å². The first-order chi connectivity index (χ1) is 19.6. The van der Waals surface area contributed by atoms with Crippen molar-refractivity contribution in [1.29, 1.82) is 0 Å². The molecule has 3 aromatic rings. The van der Waals surface area contributed by atoms with E-state index in [-0.39, 0.29) is 36.9 Å². The molecule has 1 aromatic carbocycles. The van der Waals surface area contributed by atoms with Gasteiger partial charge in [0.25, 0.3) is 5.56 Å². The third-order valence-corrected chi connectivity index (χ3v) is 6.24. The van der Waals surface area contributed by atoms with Gasteiger partial charge in [-0.3, -0.25) is 28.3 Å². The molecule has 0 radical (unpaired) electrons. The van der Waals surface area contributed by atoms with Gasteiger partial charge in [0.2, 0.25) is 0 Å². The van der Waals surface area contributed by atoms with Crippen molar-refractivity contribution in [3.63, 3.8) is 0 Å². The maximum atomic E-state index is 13.4. The summed E-state index contributed by atoms with van der Waals surface area (Å²) in [5.74, 6) is -1.75. The van der Waals surface area contributed by atoms with Crippen LogP contribution in [0.4, 0.5) is 0 Å². The number of esters is 3. The molecule has 15 heteroatoms. The lowest BCUT2D eigenvalue weighted by molar-refractivity contribution is -0.166. The SMILES string of the molecule is COCCOCn1cnc2c(nc(-c3cccc(Cl)c3)n2[C@@H]2O[C@H](COC(C)=O)[C@@H](OC(C)=O)[C@H]2OC(C)=O)c1=O. The van der Waals surface area contributed by atoms with Gasteiger partial charge in [0.15, 0.2) is 29.6 Å². The molecule has 0 aliphatic carbocycles. The topological polar surface area (TPSA) is 159 Å². The van der Waals surface area contributed by atoms with Crippen molar-refractivity contribution in [1.82, 2.24) is 19.1 Å². The highest BCUT2D eigenvalue weighted by Gasteiger charge is 2.51. The van der Waals surface area contributed by atoms with Crippen molar-refractivity contribution in [3.05, 3.63) is 46.0 Å². The van der Waals surface area contributed by atoms with E-state index in [0.717, 1.165) is 0 Å². The average Bonchev–Trinajstić information content (AvgIpc) is 3.44. The smallest absolute Gasteiger partial charge is 0.303 e. The van der Waals surface area contributed by atoms with Crippen LogP contribution in [0.1, 0.15) is 27.0 Å². The van der Waals surface area contributed by atoms with Crippen LogP contribution in [-0.2, 0) is 49.5 Å². The third-order valence-electron chi connectivity index (χ3n) is 6.01. The number of ether oxygens (including phenoxy) is 6. The molecule has 1 fully saturated rings. The second-order valence-corrected chi connectivity index (χ2v) is 9.49. The molecule has 0 N–H and O–H groups in total. The summed E-state index contributed by atoms with van der Waals surface area (Å²) >= 11 is 6.27. The highest BCUT2D eigenvalue weighted by atomic mass is 35.5. The summed E-state index contributed by atoms with van der Waals surface area (Å²) < 4.78 is 35.6. The fourth-order valence-electron chi connectivity index (χ4n) is 4.37. The molecule has 0 amide bonds. The van der Waals surface area contributed by atoms with Crippen LogP contribution in [0, 0.1) is 0 Å². The Morgan fingerprint density at radius 2 is 1.78 bits per heavy atom. The summed E-state index contributed by atoms with van der Waals surface area (Å²) in [5, 5.41) is 0.396. The Kier molecular flexibility index (Phi) is 9.70. The summed E-state index contributed by atoms with van der Waals surface area (Å²) in [7, 11) is 1.53. The molecule has 2 aromatic heterocycles. The van der Waals surface area contributed by atoms with Crippen LogP contribution >= 0.6 is 11.6 Å². The fraction of sp³-hybridized carbons (Fsp3) is 0.462. The molecule has 4 rings (SSSR count). The van der Waals surface area contributed by atoms with Gasteiger partial charge in [-0.05, 0) is 12.1 Å². The zero-order chi connectivity index (χ0) is 29.7. The second kappa shape index (κ2) is 13.2. The second-order valence-electron chi connectivity index (χ2n) is 9.05. The van der Waals surface area contributed by atoms with E-state index in [9.17, 15) is 19.2 Å². The number of imidazole rings is 1. The van der Waals surface area contributed by atoms with Crippen molar-refractivity contribution < 1.29 is 42.8 Å². The molecule has 4 atom stereocenters. The number of fused-ring (bicyclic) bond motifs is 1. The molecule has 1 saturated heterocycles. The Labute approximate surface area is 239 Å². The van der Waals surface area contributed by atoms with Gasteiger partial charge in [0.05, 0.1) is 13.2 Å². The largest absolute Gasteiger partial charge is 0.463 e. The molecular weight excluding hydrogens is 564 g/mol. The predicted octanol–water partition coefficient (Wildman–Crippen LogP) is 1.86. The molecular formula is C26H29ClN4O10. The molecule has 41 heavy (non-hydrogen) atoms. The third kappa shape index (κ3) is 6.90. The minimum Gasteiger partial charge on any atom is -0.463 e. The number of methoxy groups -OCH3 is 1. The van der Waals surface area contributed by atoms with Gasteiger partial charge in [-0.25, -0.2) is 9.97 Å². The van der Waals surface area contributed by atoms with Crippen molar-refractivity contribution in [2.45, 2.75) is 52.0 Å². The van der Waals surface area contributed by atoms with Crippen LogP contribution in [0.25, 0.3) is 22.6 Å². The van der Waals surface area contributed by atoms with E-state index in [1.54, 1.807) is 24.3 Å². The molecule has 220 valence electrons. The summed E-state index contributed by atoms with van der Waals surface area (Å²) in [6.07, 6.45) is -3.35. The van der Waals surface area contributed by atoms with Crippen molar-refractivity contribution in [2.24, 2.45) is 0 Å². The van der Waals surface area contributed by atoms with Crippen LogP contribution in [0.15, 0.2) is 35.4 Å². The fourth-order valence-corrected chi connectivity index (χ4v) is 4.56. The van der Waals surface area contributed by atoms with Gasteiger partial charge in [-0.2, -0.15) is 0 Å². The number of carbonyl (C=O) groups excluding carboxylic acids is 3. The molecule has 0 bridgehead atoms. The zero-order valence-corrected chi connectivity index (χ0v) is 23.5.